The van der Waals surface area contributed by atoms with Crippen LogP contribution in [0, 0.1) is 0 Å². The van der Waals surface area contributed by atoms with E-state index in [1.807, 2.05) is 18.2 Å². The Morgan fingerprint density at radius 1 is 1.35 bits per heavy atom. The summed E-state index contributed by atoms with van der Waals surface area (Å²) >= 11 is 0. The lowest BCUT2D eigenvalue weighted by atomic mass is 10.1. The minimum Gasteiger partial charge on any atom is -0.478 e. The summed E-state index contributed by atoms with van der Waals surface area (Å²) in [5, 5.41) is 4.27. The fraction of sp³-hybridized carbons (Fsp3) is 0.0714. The minimum atomic E-state index is -0.145. The maximum Gasteiger partial charge on any atom is 0.259 e. The third-order valence-electron chi connectivity index (χ3n) is 2.91. The average molecular weight is 268 g/mol. The second-order valence-electron chi connectivity index (χ2n) is 4.22. The fourth-order valence-electron chi connectivity index (χ4n) is 1.96. The van der Waals surface area contributed by atoms with Gasteiger partial charge in [0.2, 0.25) is 0 Å². The molecule has 0 aliphatic heterocycles. The van der Waals surface area contributed by atoms with Gasteiger partial charge in [-0.25, -0.2) is 9.51 Å². The number of aromatic nitrogens is 2. The quantitative estimate of drug-likeness (QED) is 0.834. The van der Waals surface area contributed by atoms with Crippen molar-refractivity contribution in [1.82, 2.24) is 9.61 Å². The lowest BCUT2D eigenvalue weighted by molar-refractivity contribution is -0.110. The summed E-state index contributed by atoms with van der Waals surface area (Å²) in [7, 11) is 1.53. The number of allylic oxidation sites excluding steroid dienone is 3. The molecule has 0 fully saturated rings. The number of aliphatic imine (C=N–C) groups is 1. The van der Waals surface area contributed by atoms with Crippen LogP contribution in [0.3, 0.4) is 0 Å². The number of carbonyl (C=O) groups excluding carboxylic acids is 1. The first-order valence-electron chi connectivity index (χ1n) is 5.98. The molecular formula is C14H12N4O2. The van der Waals surface area contributed by atoms with Crippen molar-refractivity contribution in [3.63, 3.8) is 0 Å². The standard InChI is InChI=1S/C14H12N4O2/c1-20-14-13(12-4-2-3-7-18(12)17-14)16-11-6-5-9(19)8-10(11)15/h2-8H,15H2,1H3/b16-11+. The number of ketones is 1. The van der Waals surface area contributed by atoms with Crippen LogP contribution in [0.1, 0.15) is 0 Å². The van der Waals surface area contributed by atoms with Gasteiger partial charge in [-0.2, -0.15) is 0 Å². The second-order valence-corrected chi connectivity index (χ2v) is 4.22. The zero-order chi connectivity index (χ0) is 14.1. The summed E-state index contributed by atoms with van der Waals surface area (Å²) in [6.07, 6.45) is 6.16. The molecule has 0 radical (unpaired) electrons. The van der Waals surface area contributed by atoms with Crippen LogP contribution in [-0.2, 0) is 4.79 Å². The van der Waals surface area contributed by atoms with E-state index in [-0.39, 0.29) is 5.78 Å². The monoisotopic (exact) mass is 268 g/mol. The van der Waals surface area contributed by atoms with Crippen molar-refractivity contribution in [2.24, 2.45) is 10.7 Å². The highest BCUT2D eigenvalue weighted by atomic mass is 16.5. The summed E-state index contributed by atoms with van der Waals surface area (Å²) in [5.41, 5.74) is 8.04. The Morgan fingerprint density at radius 3 is 2.95 bits per heavy atom. The molecule has 6 nitrogen and oxygen atoms in total. The normalized spacial score (nSPS) is 16.8. The highest BCUT2D eigenvalue weighted by molar-refractivity contribution is 6.20. The first-order valence-corrected chi connectivity index (χ1v) is 5.98. The van der Waals surface area contributed by atoms with Crippen molar-refractivity contribution >= 4 is 22.7 Å². The van der Waals surface area contributed by atoms with E-state index in [1.54, 1.807) is 16.8 Å². The molecule has 0 bridgehead atoms. The molecule has 2 aromatic rings. The van der Waals surface area contributed by atoms with Gasteiger partial charge < -0.3 is 10.5 Å². The molecule has 100 valence electrons. The van der Waals surface area contributed by atoms with Crippen LogP contribution in [0.15, 0.2) is 53.3 Å². The maximum absolute atomic E-state index is 11.2. The number of nitrogens with two attached hydrogens (primary N) is 1. The molecule has 2 heterocycles. The van der Waals surface area contributed by atoms with Gasteiger partial charge in [-0.3, -0.25) is 4.79 Å². The van der Waals surface area contributed by atoms with Crippen LogP contribution in [0.4, 0.5) is 5.69 Å². The van der Waals surface area contributed by atoms with E-state index in [4.69, 9.17) is 10.5 Å². The van der Waals surface area contributed by atoms with Gasteiger partial charge >= 0.3 is 0 Å². The second kappa shape index (κ2) is 4.65. The Kier molecular flexibility index (Phi) is 2.83. The number of hydrogen-bond acceptors (Lipinski definition) is 5. The predicted molar refractivity (Wildman–Crippen MR) is 75.3 cm³/mol. The van der Waals surface area contributed by atoms with Gasteiger partial charge in [0.05, 0.1) is 24.0 Å². The Bertz CT molecular complexity index is 784. The molecule has 0 saturated carbocycles. The van der Waals surface area contributed by atoms with Crippen molar-refractivity contribution in [3.05, 3.63) is 48.3 Å². The number of methoxy groups -OCH3 is 1. The minimum absolute atomic E-state index is 0.145. The van der Waals surface area contributed by atoms with Crippen LogP contribution in [0.5, 0.6) is 5.88 Å². The zero-order valence-corrected chi connectivity index (χ0v) is 10.8. The van der Waals surface area contributed by atoms with E-state index in [1.165, 1.54) is 19.3 Å². The Labute approximate surface area is 114 Å². The summed E-state index contributed by atoms with van der Waals surface area (Å²) in [5.74, 6) is 0.259. The molecule has 0 saturated heterocycles. The largest absolute Gasteiger partial charge is 0.478 e. The molecule has 0 spiro atoms. The summed E-state index contributed by atoms with van der Waals surface area (Å²) in [6.45, 7) is 0. The van der Waals surface area contributed by atoms with Crippen LogP contribution in [0.2, 0.25) is 0 Å². The first-order chi connectivity index (χ1) is 9.69. The van der Waals surface area contributed by atoms with Gasteiger partial charge in [-0.15, -0.1) is 5.10 Å². The van der Waals surface area contributed by atoms with Gasteiger partial charge in [0.25, 0.3) is 5.88 Å². The van der Waals surface area contributed by atoms with E-state index in [9.17, 15) is 4.79 Å². The van der Waals surface area contributed by atoms with E-state index < -0.39 is 0 Å². The van der Waals surface area contributed by atoms with Crippen LogP contribution in [0.25, 0.3) is 5.52 Å². The molecule has 2 N–H and O–H groups in total. The number of rotatable bonds is 2. The van der Waals surface area contributed by atoms with E-state index in [2.05, 4.69) is 10.1 Å². The lowest BCUT2D eigenvalue weighted by Crippen LogP contribution is -2.14. The van der Waals surface area contributed by atoms with Crippen molar-refractivity contribution < 1.29 is 9.53 Å². The van der Waals surface area contributed by atoms with Crippen molar-refractivity contribution in [2.75, 3.05) is 7.11 Å². The van der Waals surface area contributed by atoms with Crippen molar-refractivity contribution in [2.45, 2.75) is 0 Å². The van der Waals surface area contributed by atoms with Crippen LogP contribution < -0.4 is 10.5 Å². The molecule has 1 aliphatic rings. The molecule has 0 atom stereocenters. The Balaban J connectivity index is 2.17. The zero-order valence-electron chi connectivity index (χ0n) is 10.8. The van der Waals surface area contributed by atoms with Crippen LogP contribution >= 0.6 is 0 Å². The molecule has 2 aromatic heterocycles. The molecule has 3 rings (SSSR count). The average Bonchev–Trinajstić information content (AvgIpc) is 2.80. The van der Waals surface area contributed by atoms with Gasteiger partial charge in [-0.05, 0) is 24.3 Å². The third-order valence-corrected chi connectivity index (χ3v) is 2.91. The number of nitrogens with zero attached hydrogens (tertiary/aromatic N) is 3. The number of carbonyl (C=O) groups is 1. The summed E-state index contributed by atoms with van der Waals surface area (Å²) in [6, 6.07) is 5.63. The van der Waals surface area contributed by atoms with Crippen LogP contribution in [-0.4, -0.2) is 28.2 Å². The van der Waals surface area contributed by atoms with Gasteiger partial charge in [-0.1, -0.05) is 6.07 Å². The summed E-state index contributed by atoms with van der Waals surface area (Å²) < 4.78 is 6.91. The lowest BCUT2D eigenvalue weighted by Gasteiger charge is -2.05. The number of pyridine rings is 1. The van der Waals surface area contributed by atoms with E-state index in [0.29, 0.717) is 23.0 Å². The maximum atomic E-state index is 11.2. The third kappa shape index (κ3) is 1.97. The fourth-order valence-corrected chi connectivity index (χ4v) is 1.96. The van der Waals surface area contributed by atoms with E-state index >= 15 is 0 Å². The highest BCUT2D eigenvalue weighted by Gasteiger charge is 2.15. The van der Waals surface area contributed by atoms with Gasteiger partial charge in [0.1, 0.15) is 0 Å². The Morgan fingerprint density at radius 2 is 2.20 bits per heavy atom. The molecule has 0 aromatic carbocycles. The van der Waals surface area contributed by atoms with E-state index in [0.717, 1.165) is 5.52 Å². The number of ether oxygens (including phenoxy) is 1. The van der Waals surface area contributed by atoms with Crippen molar-refractivity contribution in [1.29, 1.82) is 0 Å². The topological polar surface area (TPSA) is 82.0 Å². The van der Waals surface area contributed by atoms with Crippen molar-refractivity contribution in [3.8, 4) is 5.88 Å². The molecule has 6 heteroatoms. The molecule has 1 aliphatic carbocycles. The number of fused-ring (bicyclic) bond motifs is 1. The number of hydrogen-bond donors (Lipinski definition) is 1. The van der Waals surface area contributed by atoms with Gasteiger partial charge in [0.15, 0.2) is 11.5 Å². The highest BCUT2D eigenvalue weighted by Crippen LogP contribution is 2.32. The Hall–Kier alpha value is -2.89. The molecule has 20 heavy (non-hydrogen) atoms. The SMILES string of the molecule is COc1nn2ccccc2c1/N=C1\C=CC(=O)C=C1N. The predicted octanol–water partition coefficient (Wildman–Crippen LogP) is 1.40. The smallest absolute Gasteiger partial charge is 0.259 e. The first kappa shape index (κ1) is 12.2. The molecule has 0 amide bonds. The molecular weight excluding hydrogens is 256 g/mol. The molecule has 0 unspecified atom stereocenters. The summed E-state index contributed by atoms with van der Waals surface area (Å²) in [4.78, 5) is 15.7. The van der Waals surface area contributed by atoms with Gasteiger partial charge in [0, 0.05) is 12.3 Å².